The fraction of sp³-hybridized carbons (Fsp3) is 0.312. The number of nitrogens with one attached hydrogen (secondary N) is 1. The molecular formula is C16H18N2O5. The van der Waals surface area contributed by atoms with Crippen molar-refractivity contribution in [1.82, 2.24) is 5.16 Å². The summed E-state index contributed by atoms with van der Waals surface area (Å²) in [6, 6.07) is 6.50. The number of anilines is 1. The molecule has 2 N–H and O–H groups in total. The van der Waals surface area contributed by atoms with Crippen molar-refractivity contribution >= 4 is 17.7 Å². The van der Waals surface area contributed by atoms with E-state index in [1.165, 1.54) is 6.07 Å². The van der Waals surface area contributed by atoms with Crippen LogP contribution in [0.4, 0.5) is 10.5 Å². The van der Waals surface area contributed by atoms with Gasteiger partial charge in [0, 0.05) is 17.3 Å². The van der Waals surface area contributed by atoms with Gasteiger partial charge in [0.25, 0.3) is 0 Å². The second-order valence-electron chi connectivity index (χ2n) is 6.04. The zero-order valence-electron chi connectivity index (χ0n) is 13.3. The minimum Gasteiger partial charge on any atom is -0.476 e. The van der Waals surface area contributed by atoms with E-state index in [4.69, 9.17) is 14.4 Å². The van der Waals surface area contributed by atoms with E-state index in [2.05, 4.69) is 10.5 Å². The van der Waals surface area contributed by atoms with Crippen LogP contribution in [0.5, 0.6) is 0 Å². The zero-order chi connectivity index (χ0) is 17.2. The van der Waals surface area contributed by atoms with E-state index < -0.39 is 17.7 Å². The van der Waals surface area contributed by atoms with Gasteiger partial charge in [0.15, 0.2) is 11.5 Å². The van der Waals surface area contributed by atoms with E-state index in [9.17, 15) is 9.59 Å². The van der Waals surface area contributed by atoms with Crippen LogP contribution in [0.25, 0.3) is 11.3 Å². The largest absolute Gasteiger partial charge is 0.476 e. The number of carbonyl (C=O) groups excluding carboxylic acids is 1. The molecule has 0 aliphatic carbocycles. The lowest BCUT2D eigenvalue weighted by Gasteiger charge is -2.20. The van der Waals surface area contributed by atoms with Crippen LogP contribution in [-0.4, -0.2) is 27.9 Å². The van der Waals surface area contributed by atoms with E-state index in [0.717, 1.165) is 5.56 Å². The fourth-order valence-corrected chi connectivity index (χ4v) is 1.88. The molecule has 0 aliphatic rings. The summed E-state index contributed by atoms with van der Waals surface area (Å²) in [6.07, 6.45) is -0.541. The third kappa shape index (κ3) is 4.32. The molecular weight excluding hydrogens is 300 g/mol. The maximum atomic E-state index is 11.8. The lowest BCUT2D eigenvalue weighted by Crippen LogP contribution is -2.27. The number of carbonyl (C=O) groups is 2. The van der Waals surface area contributed by atoms with Gasteiger partial charge >= 0.3 is 12.1 Å². The SMILES string of the molecule is Cc1cc(-c2cc(C(=O)O)no2)ccc1NC(=O)OC(C)(C)C. The first-order valence-corrected chi connectivity index (χ1v) is 6.97. The summed E-state index contributed by atoms with van der Waals surface area (Å²) >= 11 is 0. The van der Waals surface area contributed by atoms with Crippen molar-refractivity contribution in [3.8, 4) is 11.3 Å². The Morgan fingerprint density at radius 1 is 1.26 bits per heavy atom. The summed E-state index contributed by atoms with van der Waals surface area (Å²) in [5.74, 6) is -0.811. The number of aromatic nitrogens is 1. The van der Waals surface area contributed by atoms with Crippen LogP contribution in [0, 0.1) is 6.92 Å². The van der Waals surface area contributed by atoms with Crippen molar-refractivity contribution in [2.24, 2.45) is 0 Å². The van der Waals surface area contributed by atoms with Gasteiger partial charge in [-0.3, -0.25) is 5.32 Å². The van der Waals surface area contributed by atoms with Crippen molar-refractivity contribution in [3.05, 3.63) is 35.5 Å². The van der Waals surface area contributed by atoms with Crippen LogP contribution in [0.3, 0.4) is 0 Å². The molecule has 0 atom stereocenters. The minimum absolute atomic E-state index is 0.159. The topological polar surface area (TPSA) is 102 Å². The molecule has 0 saturated heterocycles. The highest BCUT2D eigenvalue weighted by Gasteiger charge is 2.17. The quantitative estimate of drug-likeness (QED) is 0.894. The molecule has 0 bridgehead atoms. The van der Waals surface area contributed by atoms with Gasteiger partial charge in [-0.2, -0.15) is 0 Å². The number of nitrogens with zero attached hydrogens (tertiary/aromatic N) is 1. The number of amides is 1. The van der Waals surface area contributed by atoms with E-state index in [0.29, 0.717) is 17.0 Å². The third-order valence-corrected chi connectivity index (χ3v) is 2.88. The number of ether oxygens (including phenoxy) is 1. The van der Waals surface area contributed by atoms with E-state index in [1.54, 1.807) is 39.0 Å². The molecule has 2 rings (SSSR count). The van der Waals surface area contributed by atoms with Gasteiger partial charge in [0.1, 0.15) is 5.60 Å². The predicted octanol–water partition coefficient (Wildman–Crippen LogP) is 3.70. The Labute approximate surface area is 133 Å². The Kier molecular flexibility index (Phi) is 4.40. The van der Waals surface area contributed by atoms with Gasteiger partial charge in [0.05, 0.1) is 0 Å². The Balaban J connectivity index is 2.17. The van der Waals surface area contributed by atoms with Gasteiger partial charge in [-0.05, 0) is 51.5 Å². The summed E-state index contributed by atoms with van der Waals surface area (Å²) in [6.45, 7) is 7.16. The van der Waals surface area contributed by atoms with Crippen LogP contribution in [0.1, 0.15) is 36.8 Å². The van der Waals surface area contributed by atoms with Crippen LogP contribution >= 0.6 is 0 Å². The predicted molar refractivity (Wildman–Crippen MR) is 83.5 cm³/mol. The normalized spacial score (nSPS) is 11.1. The second kappa shape index (κ2) is 6.12. The highest BCUT2D eigenvalue weighted by Crippen LogP contribution is 2.26. The first-order chi connectivity index (χ1) is 10.7. The van der Waals surface area contributed by atoms with Crippen LogP contribution in [-0.2, 0) is 4.74 Å². The molecule has 122 valence electrons. The number of aromatic carboxylic acids is 1. The average Bonchev–Trinajstić information content (AvgIpc) is 2.88. The molecule has 1 aromatic carbocycles. The van der Waals surface area contributed by atoms with Crippen LogP contribution < -0.4 is 5.32 Å². The Hall–Kier alpha value is -2.83. The van der Waals surface area contributed by atoms with E-state index in [-0.39, 0.29) is 5.69 Å². The van der Waals surface area contributed by atoms with Crippen molar-refractivity contribution in [1.29, 1.82) is 0 Å². The highest BCUT2D eigenvalue weighted by atomic mass is 16.6. The molecule has 0 spiro atoms. The minimum atomic E-state index is -1.15. The summed E-state index contributed by atoms with van der Waals surface area (Å²) in [5.41, 5.74) is 1.30. The lowest BCUT2D eigenvalue weighted by molar-refractivity contribution is 0.0633. The molecule has 0 aliphatic heterocycles. The maximum absolute atomic E-state index is 11.8. The van der Waals surface area contributed by atoms with E-state index >= 15 is 0 Å². The van der Waals surface area contributed by atoms with Gasteiger partial charge in [-0.1, -0.05) is 5.16 Å². The van der Waals surface area contributed by atoms with Gasteiger partial charge in [-0.25, -0.2) is 9.59 Å². The van der Waals surface area contributed by atoms with Crippen molar-refractivity contribution < 1.29 is 24.0 Å². The summed E-state index contributed by atoms with van der Waals surface area (Å²) < 4.78 is 10.2. The number of carboxylic acid groups (broad SMARTS) is 1. The van der Waals surface area contributed by atoms with Crippen molar-refractivity contribution in [2.75, 3.05) is 5.32 Å². The Bertz CT molecular complexity index is 743. The second-order valence-corrected chi connectivity index (χ2v) is 6.04. The Morgan fingerprint density at radius 2 is 1.96 bits per heavy atom. The summed E-state index contributed by atoms with van der Waals surface area (Å²) in [5, 5.41) is 15.0. The maximum Gasteiger partial charge on any atom is 0.412 e. The summed E-state index contributed by atoms with van der Waals surface area (Å²) in [7, 11) is 0. The lowest BCUT2D eigenvalue weighted by atomic mass is 10.1. The molecule has 0 unspecified atom stereocenters. The molecule has 0 radical (unpaired) electrons. The number of benzene rings is 1. The molecule has 1 aromatic heterocycles. The molecule has 0 fully saturated rings. The van der Waals surface area contributed by atoms with Crippen molar-refractivity contribution in [3.63, 3.8) is 0 Å². The summed E-state index contributed by atoms with van der Waals surface area (Å²) in [4.78, 5) is 22.6. The monoisotopic (exact) mass is 318 g/mol. The van der Waals surface area contributed by atoms with E-state index in [1.807, 2.05) is 6.92 Å². The van der Waals surface area contributed by atoms with Gasteiger partial charge < -0.3 is 14.4 Å². The standard InChI is InChI=1S/C16H18N2O5/c1-9-7-10(13-8-12(14(19)20)18-23-13)5-6-11(9)17-15(21)22-16(2,3)4/h5-8H,1-4H3,(H,17,21)(H,19,20). The fourth-order valence-electron chi connectivity index (χ4n) is 1.88. The molecule has 7 nitrogen and oxygen atoms in total. The molecule has 1 amide bonds. The highest BCUT2D eigenvalue weighted by molar-refractivity contribution is 5.88. The van der Waals surface area contributed by atoms with Crippen LogP contribution in [0.15, 0.2) is 28.8 Å². The first kappa shape index (κ1) is 16.5. The smallest absolute Gasteiger partial charge is 0.412 e. The van der Waals surface area contributed by atoms with Gasteiger partial charge in [-0.15, -0.1) is 0 Å². The molecule has 2 aromatic rings. The molecule has 0 saturated carbocycles. The molecule has 23 heavy (non-hydrogen) atoms. The zero-order valence-corrected chi connectivity index (χ0v) is 13.3. The van der Waals surface area contributed by atoms with Crippen LogP contribution in [0.2, 0.25) is 0 Å². The number of carboxylic acids is 1. The molecule has 7 heteroatoms. The van der Waals surface area contributed by atoms with Crippen molar-refractivity contribution in [2.45, 2.75) is 33.3 Å². The number of hydrogen-bond acceptors (Lipinski definition) is 5. The number of rotatable bonds is 3. The molecule has 1 heterocycles. The first-order valence-electron chi connectivity index (χ1n) is 6.97. The average molecular weight is 318 g/mol. The number of aryl methyl sites for hydroxylation is 1. The number of hydrogen-bond donors (Lipinski definition) is 2. The third-order valence-electron chi connectivity index (χ3n) is 2.88. The Morgan fingerprint density at radius 3 is 2.48 bits per heavy atom. The van der Waals surface area contributed by atoms with Gasteiger partial charge in [0.2, 0.25) is 0 Å².